The van der Waals surface area contributed by atoms with Gasteiger partial charge in [-0.25, -0.2) is 0 Å². The van der Waals surface area contributed by atoms with Crippen LogP contribution in [0.1, 0.15) is 32.7 Å². The largest absolute Gasteiger partial charge is 0.462 e. The highest BCUT2D eigenvalue weighted by atomic mass is 16.7. The van der Waals surface area contributed by atoms with Crippen molar-refractivity contribution < 1.29 is 23.8 Å². The van der Waals surface area contributed by atoms with Gasteiger partial charge in [0, 0.05) is 6.54 Å². The third kappa shape index (κ3) is 3.74. The SMILES string of the molecule is N#Cc1cccc(OC(OCCCN2C(=O)c3ccccc3C2=O)C2CO2)c1. The van der Waals surface area contributed by atoms with E-state index >= 15 is 0 Å². The van der Waals surface area contributed by atoms with Crippen molar-refractivity contribution in [2.24, 2.45) is 0 Å². The Morgan fingerprint density at radius 3 is 2.50 bits per heavy atom. The van der Waals surface area contributed by atoms with Gasteiger partial charge < -0.3 is 14.2 Å². The molecule has 2 aliphatic heterocycles. The highest BCUT2D eigenvalue weighted by molar-refractivity contribution is 6.21. The van der Waals surface area contributed by atoms with Crippen LogP contribution in [0.2, 0.25) is 0 Å². The molecule has 2 unspecified atom stereocenters. The molecular formula is C21H18N2O5. The standard InChI is InChI=1S/C21H18N2O5/c22-12-14-5-3-6-15(11-14)28-21(18-13-27-18)26-10-4-9-23-19(24)16-7-1-2-8-17(16)20(23)25/h1-3,5-8,11,18,21H,4,9-10,13H2. The number of hydrogen-bond donors (Lipinski definition) is 0. The van der Waals surface area contributed by atoms with Crippen LogP contribution in [0.5, 0.6) is 5.75 Å². The number of rotatable bonds is 8. The van der Waals surface area contributed by atoms with Gasteiger partial charge in [0.15, 0.2) is 0 Å². The molecule has 2 aliphatic rings. The minimum absolute atomic E-state index is 0.162. The zero-order chi connectivity index (χ0) is 19.5. The van der Waals surface area contributed by atoms with E-state index in [1.165, 1.54) is 4.90 Å². The van der Waals surface area contributed by atoms with Gasteiger partial charge in [-0.15, -0.1) is 0 Å². The Morgan fingerprint density at radius 2 is 1.86 bits per heavy atom. The Kier molecular flexibility index (Phi) is 5.06. The molecule has 0 bridgehead atoms. The fourth-order valence-electron chi connectivity index (χ4n) is 3.07. The normalized spacial score (nSPS) is 18.5. The monoisotopic (exact) mass is 378 g/mol. The Hall–Kier alpha value is -3.21. The van der Waals surface area contributed by atoms with Gasteiger partial charge in [0.05, 0.1) is 36.0 Å². The quantitative estimate of drug-likeness (QED) is 0.303. The summed E-state index contributed by atoms with van der Waals surface area (Å²) in [6.07, 6.45) is -0.280. The summed E-state index contributed by atoms with van der Waals surface area (Å²) in [6.45, 7) is 1.12. The molecule has 4 rings (SSSR count). The van der Waals surface area contributed by atoms with Crippen LogP contribution in [0, 0.1) is 11.3 Å². The maximum atomic E-state index is 12.3. The number of hydrogen-bond acceptors (Lipinski definition) is 6. The molecule has 7 heteroatoms. The summed E-state index contributed by atoms with van der Waals surface area (Å²) in [4.78, 5) is 25.9. The number of carbonyl (C=O) groups is 2. The fourth-order valence-corrected chi connectivity index (χ4v) is 3.07. The number of nitriles is 1. The summed E-state index contributed by atoms with van der Waals surface area (Å²) >= 11 is 0. The number of epoxide rings is 1. The first kappa shape index (κ1) is 18.2. The predicted molar refractivity (Wildman–Crippen MR) is 97.7 cm³/mol. The van der Waals surface area contributed by atoms with E-state index in [-0.39, 0.29) is 24.5 Å². The molecule has 1 saturated heterocycles. The van der Waals surface area contributed by atoms with Crippen LogP contribution in [-0.4, -0.2) is 48.9 Å². The number of nitrogens with zero attached hydrogens (tertiary/aromatic N) is 2. The summed E-state index contributed by atoms with van der Waals surface area (Å²) in [5, 5.41) is 8.98. The summed E-state index contributed by atoms with van der Waals surface area (Å²) in [6, 6.07) is 15.7. The van der Waals surface area contributed by atoms with Gasteiger partial charge in [-0.2, -0.15) is 5.26 Å². The first-order valence-corrected chi connectivity index (χ1v) is 9.02. The molecule has 1 fully saturated rings. The van der Waals surface area contributed by atoms with Crippen LogP contribution in [0.4, 0.5) is 0 Å². The minimum Gasteiger partial charge on any atom is -0.462 e. The number of fused-ring (bicyclic) bond motifs is 1. The molecule has 2 aromatic carbocycles. The molecule has 142 valence electrons. The van der Waals surface area contributed by atoms with Crippen LogP contribution < -0.4 is 4.74 Å². The number of benzene rings is 2. The van der Waals surface area contributed by atoms with E-state index in [0.29, 0.717) is 42.1 Å². The topological polar surface area (TPSA) is 92.2 Å². The lowest BCUT2D eigenvalue weighted by molar-refractivity contribution is -0.0952. The molecule has 2 atom stereocenters. The lowest BCUT2D eigenvalue weighted by Crippen LogP contribution is -2.32. The Morgan fingerprint density at radius 1 is 1.14 bits per heavy atom. The highest BCUT2D eigenvalue weighted by Gasteiger charge is 2.37. The third-order valence-corrected chi connectivity index (χ3v) is 4.56. The number of carbonyl (C=O) groups excluding carboxylic acids is 2. The molecule has 7 nitrogen and oxygen atoms in total. The zero-order valence-corrected chi connectivity index (χ0v) is 15.0. The van der Waals surface area contributed by atoms with Crippen LogP contribution in [0.25, 0.3) is 0 Å². The molecule has 0 spiro atoms. The molecule has 0 N–H and O–H groups in total. The molecule has 2 heterocycles. The first-order valence-electron chi connectivity index (χ1n) is 9.02. The van der Waals surface area contributed by atoms with Crippen LogP contribution in [0.3, 0.4) is 0 Å². The van der Waals surface area contributed by atoms with Gasteiger partial charge in [0.2, 0.25) is 6.29 Å². The summed E-state index contributed by atoms with van der Waals surface area (Å²) in [5.74, 6) is -0.0145. The molecule has 28 heavy (non-hydrogen) atoms. The summed E-state index contributed by atoms with van der Waals surface area (Å²) < 4.78 is 16.8. The maximum absolute atomic E-state index is 12.3. The second-order valence-electron chi connectivity index (χ2n) is 6.53. The van der Waals surface area contributed by atoms with Gasteiger partial charge in [0.25, 0.3) is 11.8 Å². The van der Waals surface area contributed by atoms with E-state index < -0.39 is 6.29 Å². The smallest absolute Gasteiger partial charge is 0.261 e. The first-order chi connectivity index (χ1) is 13.7. The molecule has 0 aromatic heterocycles. The Labute approximate surface area is 162 Å². The van der Waals surface area contributed by atoms with Crippen LogP contribution in [-0.2, 0) is 9.47 Å². The highest BCUT2D eigenvalue weighted by Crippen LogP contribution is 2.24. The average molecular weight is 378 g/mol. The van der Waals surface area contributed by atoms with Crippen molar-refractivity contribution in [2.45, 2.75) is 18.8 Å². The average Bonchev–Trinajstić information content (AvgIpc) is 3.54. The molecular weight excluding hydrogens is 360 g/mol. The van der Waals surface area contributed by atoms with Gasteiger partial charge in [-0.05, 0) is 36.8 Å². The lowest BCUT2D eigenvalue weighted by atomic mass is 10.1. The molecule has 0 radical (unpaired) electrons. The van der Waals surface area contributed by atoms with Crippen molar-refractivity contribution in [1.82, 2.24) is 4.90 Å². The van der Waals surface area contributed by atoms with Crippen molar-refractivity contribution in [1.29, 1.82) is 5.26 Å². The predicted octanol–water partition coefficient (Wildman–Crippen LogP) is 2.36. The van der Waals surface area contributed by atoms with E-state index in [4.69, 9.17) is 19.5 Å². The molecule has 0 aliphatic carbocycles. The van der Waals surface area contributed by atoms with Gasteiger partial charge >= 0.3 is 0 Å². The van der Waals surface area contributed by atoms with E-state index in [2.05, 4.69) is 6.07 Å². The van der Waals surface area contributed by atoms with Gasteiger partial charge in [0.1, 0.15) is 11.9 Å². The summed E-state index contributed by atoms with van der Waals surface area (Å²) in [5.41, 5.74) is 1.38. The van der Waals surface area contributed by atoms with Crippen molar-refractivity contribution >= 4 is 11.8 Å². The van der Waals surface area contributed by atoms with Crippen LogP contribution >= 0.6 is 0 Å². The number of amides is 2. The van der Waals surface area contributed by atoms with E-state index in [1.54, 1.807) is 48.5 Å². The zero-order valence-electron chi connectivity index (χ0n) is 15.0. The number of imide groups is 1. The van der Waals surface area contributed by atoms with E-state index in [1.807, 2.05) is 0 Å². The molecule has 2 amide bonds. The number of ether oxygens (including phenoxy) is 3. The second kappa shape index (κ2) is 7.80. The molecule has 0 saturated carbocycles. The van der Waals surface area contributed by atoms with Crippen molar-refractivity contribution in [3.63, 3.8) is 0 Å². The van der Waals surface area contributed by atoms with Gasteiger partial charge in [-0.1, -0.05) is 18.2 Å². The maximum Gasteiger partial charge on any atom is 0.261 e. The van der Waals surface area contributed by atoms with E-state index in [0.717, 1.165) is 0 Å². The van der Waals surface area contributed by atoms with Crippen molar-refractivity contribution in [2.75, 3.05) is 19.8 Å². The van der Waals surface area contributed by atoms with Crippen molar-refractivity contribution in [3.05, 3.63) is 65.2 Å². The van der Waals surface area contributed by atoms with Crippen molar-refractivity contribution in [3.8, 4) is 11.8 Å². The Balaban J connectivity index is 1.30. The van der Waals surface area contributed by atoms with Gasteiger partial charge in [-0.3, -0.25) is 14.5 Å². The lowest BCUT2D eigenvalue weighted by Gasteiger charge is -2.19. The molecule has 2 aromatic rings. The second-order valence-corrected chi connectivity index (χ2v) is 6.53. The third-order valence-electron chi connectivity index (χ3n) is 4.56. The Bertz CT molecular complexity index is 913. The fraction of sp³-hybridized carbons (Fsp3) is 0.286. The minimum atomic E-state index is -0.601. The van der Waals surface area contributed by atoms with E-state index in [9.17, 15) is 9.59 Å². The van der Waals surface area contributed by atoms with Crippen LogP contribution in [0.15, 0.2) is 48.5 Å². The summed E-state index contributed by atoms with van der Waals surface area (Å²) in [7, 11) is 0.